The van der Waals surface area contributed by atoms with Crippen molar-refractivity contribution in [1.82, 2.24) is 0 Å². The molecule has 0 amide bonds. The van der Waals surface area contributed by atoms with Gasteiger partial charge >= 0.3 is 0 Å². The summed E-state index contributed by atoms with van der Waals surface area (Å²) in [6.07, 6.45) is 0. The SMILES string of the molecule is NP(N)OCl. The van der Waals surface area contributed by atoms with Crippen molar-refractivity contribution in [1.29, 1.82) is 0 Å². The molecule has 0 atom stereocenters. The Hall–Kier alpha value is 0.600. The van der Waals surface area contributed by atoms with E-state index in [0.29, 0.717) is 0 Å². The van der Waals surface area contributed by atoms with Gasteiger partial charge in [0.1, 0.15) is 0 Å². The molecule has 5 heteroatoms. The lowest BCUT2D eigenvalue weighted by atomic mass is 13.9. The van der Waals surface area contributed by atoms with E-state index in [9.17, 15) is 0 Å². The van der Waals surface area contributed by atoms with Crippen LogP contribution in [0.4, 0.5) is 0 Å². The van der Waals surface area contributed by atoms with Crippen molar-refractivity contribution < 1.29 is 4.08 Å². The van der Waals surface area contributed by atoms with Crippen LogP contribution in [0.5, 0.6) is 0 Å². The lowest BCUT2D eigenvalue weighted by Gasteiger charge is -1.89. The Morgan fingerprint density at radius 3 is 1.80 bits per heavy atom. The van der Waals surface area contributed by atoms with Gasteiger partial charge in [0.2, 0.25) is 0 Å². The molecule has 32 valence electrons. The minimum absolute atomic E-state index is 1.33. The van der Waals surface area contributed by atoms with Crippen LogP contribution in [-0.4, -0.2) is 0 Å². The predicted octanol–water partition coefficient (Wildman–Crippen LogP) is 0.301. The molecule has 3 nitrogen and oxygen atoms in total. The standard InChI is InChI=1S/ClH4N2OP/c1-4-5(2)3/h2-3H2. The third-order valence-electron chi connectivity index (χ3n) is 0.0797. The van der Waals surface area contributed by atoms with Crippen molar-refractivity contribution in [3.8, 4) is 0 Å². The summed E-state index contributed by atoms with van der Waals surface area (Å²) in [6, 6.07) is 0. The summed E-state index contributed by atoms with van der Waals surface area (Å²) in [6.45, 7) is 0. The molecular formula is H4ClN2OP. The van der Waals surface area contributed by atoms with Crippen molar-refractivity contribution >= 4 is 20.3 Å². The summed E-state index contributed by atoms with van der Waals surface area (Å²) >= 11 is 4.62. The molecular weight excluding hydrogens is 110 g/mol. The smallest absolute Gasteiger partial charge is 0.197 e. The molecule has 0 unspecified atom stereocenters. The molecule has 0 aliphatic carbocycles. The van der Waals surface area contributed by atoms with Crippen LogP contribution < -0.4 is 11.0 Å². The fraction of sp³-hybridized carbons (Fsp3) is 0. The van der Waals surface area contributed by atoms with E-state index in [1.807, 2.05) is 0 Å². The average molecular weight is 114 g/mol. The summed E-state index contributed by atoms with van der Waals surface area (Å²) in [7, 11) is -1.33. The van der Waals surface area contributed by atoms with Crippen LogP contribution in [0.1, 0.15) is 0 Å². The number of hydrogen-bond donors (Lipinski definition) is 2. The monoisotopic (exact) mass is 114 g/mol. The maximum Gasteiger partial charge on any atom is 0.197 e. The van der Waals surface area contributed by atoms with E-state index in [4.69, 9.17) is 11.0 Å². The Morgan fingerprint density at radius 1 is 1.60 bits per heavy atom. The fourth-order valence-corrected chi connectivity index (χ4v) is 0. The van der Waals surface area contributed by atoms with E-state index in [1.165, 1.54) is 0 Å². The third kappa shape index (κ3) is 4.60. The highest BCUT2D eigenvalue weighted by atomic mass is 35.5. The van der Waals surface area contributed by atoms with Gasteiger partial charge in [0, 0.05) is 0 Å². The van der Waals surface area contributed by atoms with Crippen LogP contribution in [0.3, 0.4) is 0 Å². The summed E-state index contributed by atoms with van der Waals surface area (Å²) in [5, 5.41) is 0. The topological polar surface area (TPSA) is 61.3 Å². The van der Waals surface area contributed by atoms with Gasteiger partial charge in [-0.25, -0.2) is 4.08 Å². The van der Waals surface area contributed by atoms with E-state index in [-0.39, 0.29) is 0 Å². The zero-order chi connectivity index (χ0) is 4.28. The molecule has 0 saturated heterocycles. The first-order valence-corrected chi connectivity index (χ1v) is 2.56. The van der Waals surface area contributed by atoms with Gasteiger partial charge < -0.3 is 0 Å². The van der Waals surface area contributed by atoms with Gasteiger partial charge in [-0.05, 0) is 0 Å². The Kier molecular flexibility index (Phi) is 3.16. The first-order valence-electron chi connectivity index (χ1n) is 0.853. The van der Waals surface area contributed by atoms with Gasteiger partial charge in [0.25, 0.3) is 0 Å². The molecule has 0 fully saturated rings. The Bertz CT molecular complexity index is 23.6. The maximum absolute atomic E-state index is 4.78. The quantitative estimate of drug-likeness (QED) is 0.482. The summed E-state index contributed by atoms with van der Waals surface area (Å²) in [5.41, 5.74) is 9.56. The molecule has 0 bridgehead atoms. The highest BCUT2D eigenvalue weighted by Crippen LogP contribution is 2.15. The van der Waals surface area contributed by atoms with Gasteiger partial charge in [0.05, 0.1) is 11.9 Å². The molecule has 0 saturated carbocycles. The van der Waals surface area contributed by atoms with Crippen molar-refractivity contribution in [3.05, 3.63) is 0 Å². The highest BCUT2D eigenvalue weighted by molar-refractivity contribution is 7.48. The van der Waals surface area contributed by atoms with Crippen LogP contribution in [0.2, 0.25) is 0 Å². The lowest BCUT2D eigenvalue weighted by molar-refractivity contribution is 0.690. The summed E-state index contributed by atoms with van der Waals surface area (Å²) in [5.74, 6) is 0. The molecule has 0 aromatic heterocycles. The van der Waals surface area contributed by atoms with Crippen LogP contribution in [0.25, 0.3) is 0 Å². The molecule has 5 heavy (non-hydrogen) atoms. The van der Waals surface area contributed by atoms with Crippen LogP contribution in [0.15, 0.2) is 0 Å². The van der Waals surface area contributed by atoms with Gasteiger partial charge in [-0.3, -0.25) is 11.0 Å². The highest BCUT2D eigenvalue weighted by Gasteiger charge is 1.83. The largest absolute Gasteiger partial charge is 0.274 e. The third-order valence-corrected chi connectivity index (χ3v) is 0.717. The summed E-state index contributed by atoms with van der Waals surface area (Å²) in [4.78, 5) is 0. The predicted molar refractivity (Wildman–Crippen MR) is 22.2 cm³/mol. The van der Waals surface area contributed by atoms with Crippen LogP contribution in [0, 0.1) is 0 Å². The maximum atomic E-state index is 4.78. The first-order chi connectivity index (χ1) is 2.27. The van der Waals surface area contributed by atoms with Crippen LogP contribution >= 0.6 is 20.3 Å². The van der Waals surface area contributed by atoms with Crippen molar-refractivity contribution in [3.63, 3.8) is 0 Å². The van der Waals surface area contributed by atoms with Crippen molar-refractivity contribution in [2.24, 2.45) is 11.0 Å². The Morgan fingerprint density at radius 2 is 1.80 bits per heavy atom. The van der Waals surface area contributed by atoms with E-state index in [0.717, 1.165) is 0 Å². The fourth-order valence-electron chi connectivity index (χ4n) is 0. The molecule has 0 spiro atoms. The van der Waals surface area contributed by atoms with E-state index < -0.39 is 8.45 Å². The molecule has 0 aliphatic heterocycles. The second-order valence-electron chi connectivity index (χ2n) is 0.429. The number of nitrogens with two attached hydrogens (primary N) is 2. The second-order valence-corrected chi connectivity index (χ2v) is 1.70. The van der Waals surface area contributed by atoms with Crippen LogP contribution in [-0.2, 0) is 4.08 Å². The van der Waals surface area contributed by atoms with E-state index in [1.54, 1.807) is 0 Å². The van der Waals surface area contributed by atoms with Gasteiger partial charge in [0.15, 0.2) is 8.45 Å². The number of hydrogen-bond acceptors (Lipinski definition) is 3. The second kappa shape index (κ2) is 2.82. The van der Waals surface area contributed by atoms with E-state index in [2.05, 4.69) is 15.9 Å². The Balaban J connectivity index is 2.54. The number of rotatable bonds is 1. The van der Waals surface area contributed by atoms with Gasteiger partial charge in [-0.15, -0.1) is 0 Å². The number of halogens is 1. The van der Waals surface area contributed by atoms with E-state index >= 15 is 0 Å². The molecule has 0 heterocycles. The molecule has 0 radical (unpaired) electrons. The average Bonchev–Trinajstić information content (AvgIpc) is 1.38. The molecule has 0 aromatic carbocycles. The normalized spacial score (nSPS) is 9.60. The minimum Gasteiger partial charge on any atom is -0.274 e. The Labute approximate surface area is 36.3 Å². The van der Waals surface area contributed by atoms with Crippen molar-refractivity contribution in [2.45, 2.75) is 0 Å². The molecule has 0 rings (SSSR count). The zero-order valence-corrected chi connectivity index (χ0v) is 4.04. The minimum atomic E-state index is -1.33. The summed E-state index contributed by atoms with van der Waals surface area (Å²) < 4.78 is 3.84. The van der Waals surface area contributed by atoms with Gasteiger partial charge in [-0.1, -0.05) is 0 Å². The molecule has 0 aliphatic rings. The molecule has 4 N–H and O–H groups in total. The zero-order valence-electron chi connectivity index (χ0n) is 2.39. The lowest BCUT2D eigenvalue weighted by Crippen LogP contribution is -1.95. The van der Waals surface area contributed by atoms with Gasteiger partial charge in [-0.2, -0.15) is 0 Å². The van der Waals surface area contributed by atoms with Crippen molar-refractivity contribution in [2.75, 3.05) is 0 Å². The molecule has 0 aromatic rings. The first kappa shape index (κ1) is 5.60.